The highest BCUT2D eigenvalue weighted by molar-refractivity contribution is 6.30. The van der Waals surface area contributed by atoms with E-state index in [0.29, 0.717) is 23.3 Å². The molecule has 5 rings (SSSR count). The number of pyridine rings is 1. The second-order valence-electron chi connectivity index (χ2n) is 7.86. The molecule has 2 atom stereocenters. The molecule has 156 valence electrons. The molecule has 1 aliphatic rings. The average Bonchev–Trinajstić information content (AvgIpc) is 3.49. The lowest BCUT2D eigenvalue weighted by molar-refractivity contribution is 0.305. The molecule has 31 heavy (non-hydrogen) atoms. The first-order valence-electron chi connectivity index (χ1n) is 10.1. The van der Waals surface area contributed by atoms with Gasteiger partial charge in [0.25, 0.3) is 5.56 Å². The highest BCUT2D eigenvalue weighted by Crippen LogP contribution is 2.46. The molecule has 2 unspecified atom stereocenters. The number of halogens is 1. The Hall–Kier alpha value is -3.38. The van der Waals surface area contributed by atoms with E-state index in [2.05, 4.69) is 4.57 Å². The van der Waals surface area contributed by atoms with Crippen LogP contribution in [-0.4, -0.2) is 20.3 Å². The van der Waals surface area contributed by atoms with Crippen molar-refractivity contribution in [3.05, 3.63) is 87.6 Å². The molecule has 0 bridgehead atoms. The van der Waals surface area contributed by atoms with Gasteiger partial charge in [-0.3, -0.25) is 9.36 Å². The van der Waals surface area contributed by atoms with Crippen LogP contribution in [0.25, 0.3) is 16.7 Å². The summed E-state index contributed by atoms with van der Waals surface area (Å²) in [6, 6.07) is 16.5. The monoisotopic (exact) mass is 432 g/mol. The normalized spacial score (nSPS) is 17.6. The fourth-order valence-corrected chi connectivity index (χ4v) is 4.01. The molecule has 0 radical (unpaired) electrons. The molecular formula is C24H21ClN4O2. The molecule has 0 spiro atoms. The number of rotatable bonds is 6. The van der Waals surface area contributed by atoms with E-state index in [1.165, 1.54) is 12.3 Å². The van der Waals surface area contributed by atoms with E-state index >= 15 is 0 Å². The van der Waals surface area contributed by atoms with Gasteiger partial charge in [-0.1, -0.05) is 23.7 Å². The molecule has 1 aliphatic carbocycles. The number of hydrogen-bond donors (Lipinski definition) is 1. The molecule has 2 heterocycles. The number of hydrogen-bond acceptors (Lipinski definition) is 4. The lowest BCUT2D eigenvalue weighted by Crippen LogP contribution is -2.16. The molecule has 1 N–H and O–H groups in total. The zero-order valence-electron chi connectivity index (χ0n) is 17.0. The highest BCUT2D eigenvalue weighted by atomic mass is 35.5. The molecule has 2 aromatic carbocycles. The lowest BCUT2D eigenvalue weighted by atomic mass is 10.2. The van der Waals surface area contributed by atoms with Gasteiger partial charge in [-0.15, -0.1) is 0 Å². The lowest BCUT2D eigenvalue weighted by Gasteiger charge is -2.10. The van der Waals surface area contributed by atoms with Gasteiger partial charge in [-0.05, 0) is 54.6 Å². The van der Waals surface area contributed by atoms with Gasteiger partial charge in [0.15, 0.2) is 0 Å². The van der Waals surface area contributed by atoms with Gasteiger partial charge in [0.05, 0.1) is 16.7 Å². The van der Waals surface area contributed by atoms with Crippen LogP contribution in [0.5, 0.6) is 5.75 Å². The standard InChI is InChI=1S/C24H21ClN4O2/c1-28-22-11-18(6-7-21(22)27-24(28)20-10-16(20)13-26)29-9-8-19(12-23(29)30)31-14-15-2-4-17(25)5-3-15/h2-9,11-13,16,20,26H,10,14H2,1H3. The van der Waals surface area contributed by atoms with E-state index < -0.39 is 0 Å². The molecule has 0 saturated heterocycles. The quantitative estimate of drug-likeness (QED) is 0.448. The first-order valence-corrected chi connectivity index (χ1v) is 10.5. The maximum atomic E-state index is 12.7. The van der Waals surface area contributed by atoms with Crippen molar-refractivity contribution >= 4 is 28.8 Å². The first kappa shape index (κ1) is 19.6. The summed E-state index contributed by atoms with van der Waals surface area (Å²) in [6.45, 7) is 0.363. The summed E-state index contributed by atoms with van der Waals surface area (Å²) in [7, 11) is 1.99. The molecule has 0 amide bonds. The van der Waals surface area contributed by atoms with Crippen LogP contribution in [0.4, 0.5) is 0 Å². The van der Waals surface area contributed by atoms with E-state index in [-0.39, 0.29) is 11.5 Å². The van der Waals surface area contributed by atoms with Gasteiger partial charge in [-0.2, -0.15) is 0 Å². The van der Waals surface area contributed by atoms with Crippen LogP contribution in [0.1, 0.15) is 23.7 Å². The predicted octanol–water partition coefficient (Wildman–Crippen LogP) is 4.71. The summed E-state index contributed by atoms with van der Waals surface area (Å²) >= 11 is 5.90. The summed E-state index contributed by atoms with van der Waals surface area (Å²) in [4.78, 5) is 17.5. The van der Waals surface area contributed by atoms with E-state index in [4.69, 9.17) is 26.7 Å². The summed E-state index contributed by atoms with van der Waals surface area (Å²) in [5.41, 5.74) is 3.45. The topological polar surface area (TPSA) is 72.9 Å². The molecule has 6 nitrogen and oxygen atoms in total. The van der Waals surface area contributed by atoms with Crippen LogP contribution < -0.4 is 10.3 Å². The van der Waals surface area contributed by atoms with Crippen LogP contribution in [-0.2, 0) is 13.7 Å². The van der Waals surface area contributed by atoms with E-state index in [0.717, 1.165) is 34.5 Å². The maximum Gasteiger partial charge on any atom is 0.258 e. The van der Waals surface area contributed by atoms with Crippen molar-refractivity contribution in [1.82, 2.24) is 14.1 Å². The fraction of sp³-hybridized carbons (Fsp3) is 0.208. The smallest absolute Gasteiger partial charge is 0.258 e. The van der Waals surface area contributed by atoms with Crippen molar-refractivity contribution in [3.8, 4) is 11.4 Å². The van der Waals surface area contributed by atoms with Gasteiger partial charge < -0.3 is 14.7 Å². The second kappa shape index (κ2) is 7.71. The highest BCUT2D eigenvalue weighted by Gasteiger charge is 2.40. The van der Waals surface area contributed by atoms with Crippen LogP contribution in [0.15, 0.2) is 65.6 Å². The Bertz CT molecular complexity index is 1340. The summed E-state index contributed by atoms with van der Waals surface area (Å²) in [6.07, 6.45) is 4.21. The Morgan fingerprint density at radius 2 is 2.00 bits per heavy atom. The van der Waals surface area contributed by atoms with Gasteiger partial charge in [-0.25, -0.2) is 4.98 Å². The van der Waals surface area contributed by atoms with Crippen molar-refractivity contribution in [2.75, 3.05) is 0 Å². The molecule has 0 aliphatic heterocycles. The molecule has 2 aromatic heterocycles. The second-order valence-corrected chi connectivity index (χ2v) is 8.30. The summed E-state index contributed by atoms with van der Waals surface area (Å²) < 4.78 is 9.43. The summed E-state index contributed by atoms with van der Waals surface area (Å²) in [5, 5.41) is 8.14. The minimum absolute atomic E-state index is 0.165. The number of nitrogens with one attached hydrogen (secondary N) is 1. The van der Waals surface area contributed by atoms with Crippen molar-refractivity contribution in [3.63, 3.8) is 0 Å². The Labute approximate surface area is 184 Å². The van der Waals surface area contributed by atoms with Crippen molar-refractivity contribution in [1.29, 1.82) is 5.41 Å². The average molecular weight is 433 g/mol. The number of aromatic nitrogens is 3. The predicted molar refractivity (Wildman–Crippen MR) is 122 cm³/mol. The Morgan fingerprint density at radius 3 is 2.71 bits per heavy atom. The summed E-state index contributed by atoms with van der Waals surface area (Å²) in [5.74, 6) is 2.13. The van der Waals surface area contributed by atoms with Gasteiger partial charge >= 0.3 is 0 Å². The molecule has 1 saturated carbocycles. The molecule has 7 heteroatoms. The minimum atomic E-state index is -0.165. The van der Waals surface area contributed by atoms with Gasteiger partial charge in [0.2, 0.25) is 0 Å². The number of benzene rings is 2. The fourth-order valence-electron chi connectivity index (χ4n) is 3.89. The van der Waals surface area contributed by atoms with Crippen LogP contribution in [0, 0.1) is 11.3 Å². The molecular weight excluding hydrogens is 412 g/mol. The third-order valence-electron chi connectivity index (χ3n) is 5.77. The van der Waals surface area contributed by atoms with E-state index in [1.807, 2.05) is 49.5 Å². The number of fused-ring (bicyclic) bond motifs is 1. The van der Waals surface area contributed by atoms with Gasteiger partial charge in [0.1, 0.15) is 18.2 Å². The van der Waals surface area contributed by atoms with Crippen molar-refractivity contribution in [2.45, 2.75) is 18.9 Å². The number of imidazole rings is 1. The third kappa shape index (κ3) is 3.75. The van der Waals surface area contributed by atoms with Crippen LogP contribution in [0.2, 0.25) is 5.02 Å². The number of nitrogens with zero attached hydrogens (tertiary/aromatic N) is 3. The largest absolute Gasteiger partial charge is 0.489 e. The van der Waals surface area contributed by atoms with Crippen molar-refractivity contribution in [2.24, 2.45) is 13.0 Å². The van der Waals surface area contributed by atoms with Crippen LogP contribution >= 0.6 is 11.6 Å². The Kier molecular flexibility index (Phi) is 4.87. The van der Waals surface area contributed by atoms with E-state index in [1.54, 1.807) is 16.8 Å². The maximum absolute atomic E-state index is 12.7. The SMILES string of the molecule is Cn1c(C2CC2C=N)nc2ccc(-n3ccc(OCc4ccc(Cl)cc4)cc3=O)cc21. The van der Waals surface area contributed by atoms with E-state index in [9.17, 15) is 4.79 Å². The zero-order valence-corrected chi connectivity index (χ0v) is 17.7. The Balaban J connectivity index is 1.39. The molecule has 1 fully saturated rings. The molecule has 4 aromatic rings. The first-order chi connectivity index (χ1) is 15.0. The van der Waals surface area contributed by atoms with Crippen molar-refractivity contribution < 1.29 is 4.74 Å². The van der Waals surface area contributed by atoms with Crippen LogP contribution in [0.3, 0.4) is 0 Å². The minimum Gasteiger partial charge on any atom is -0.489 e. The number of ether oxygens (including phenoxy) is 1. The zero-order chi connectivity index (χ0) is 21.5. The van der Waals surface area contributed by atoms with Gasteiger partial charge in [0, 0.05) is 36.2 Å². The third-order valence-corrected chi connectivity index (χ3v) is 6.02. The number of aryl methyl sites for hydroxylation is 1. The Morgan fingerprint density at radius 1 is 1.19 bits per heavy atom.